The minimum absolute atomic E-state index is 0. The summed E-state index contributed by atoms with van der Waals surface area (Å²) >= 11 is 0. The van der Waals surface area contributed by atoms with Crippen molar-refractivity contribution in [3.8, 4) is 0 Å². The van der Waals surface area contributed by atoms with Crippen LogP contribution in [0, 0.1) is 5.92 Å². The number of benzene rings is 1. The third kappa shape index (κ3) is 4.75. The van der Waals surface area contributed by atoms with Crippen LogP contribution >= 0.6 is 12.4 Å². The van der Waals surface area contributed by atoms with Crippen LogP contribution in [0.4, 0.5) is 0 Å². The molecule has 94 valence electrons. The van der Waals surface area contributed by atoms with Crippen molar-refractivity contribution in [2.75, 3.05) is 19.6 Å². The third-order valence-electron chi connectivity index (χ3n) is 2.96. The fourth-order valence-corrected chi connectivity index (χ4v) is 1.99. The zero-order valence-electron chi connectivity index (χ0n) is 9.82. The predicted molar refractivity (Wildman–Crippen MR) is 71.4 cm³/mol. The van der Waals surface area contributed by atoms with E-state index in [-0.39, 0.29) is 18.3 Å². The molecule has 0 aliphatic carbocycles. The Morgan fingerprint density at radius 1 is 1.35 bits per heavy atom. The fourth-order valence-electron chi connectivity index (χ4n) is 1.99. The summed E-state index contributed by atoms with van der Waals surface area (Å²) in [4.78, 5) is 11.6. The zero-order valence-corrected chi connectivity index (χ0v) is 10.6. The average molecular weight is 255 g/mol. The van der Waals surface area contributed by atoms with Crippen LogP contribution in [0.25, 0.3) is 0 Å². The maximum atomic E-state index is 11.6. The molecule has 1 aromatic rings. The largest absolute Gasteiger partial charge is 0.355 e. The zero-order chi connectivity index (χ0) is 11.2. The van der Waals surface area contributed by atoms with E-state index in [0.29, 0.717) is 12.3 Å². The van der Waals surface area contributed by atoms with Crippen LogP contribution in [-0.2, 0) is 11.2 Å². The normalized spacial score (nSPS) is 18.5. The van der Waals surface area contributed by atoms with E-state index in [1.54, 1.807) is 0 Å². The summed E-state index contributed by atoms with van der Waals surface area (Å²) < 4.78 is 0. The minimum atomic E-state index is 0. The van der Waals surface area contributed by atoms with Crippen molar-refractivity contribution in [1.29, 1.82) is 0 Å². The molecule has 1 fully saturated rings. The van der Waals surface area contributed by atoms with Gasteiger partial charge in [0, 0.05) is 6.54 Å². The van der Waals surface area contributed by atoms with Crippen molar-refractivity contribution in [3.05, 3.63) is 35.9 Å². The van der Waals surface area contributed by atoms with E-state index in [9.17, 15) is 4.79 Å². The lowest BCUT2D eigenvalue weighted by molar-refractivity contribution is -0.120. The summed E-state index contributed by atoms with van der Waals surface area (Å²) in [5.41, 5.74) is 1.07. The van der Waals surface area contributed by atoms with Gasteiger partial charge >= 0.3 is 0 Å². The molecule has 2 rings (SSSR count). The van der Waals surface area contributed by atoms with Gasteiger partial charge in [-0.2, -0.15) is 0 Å². The monoisotopic (exact) mass is 254 g/mol. The first kappa shape index (κ1) is 14.0. The highest BCUT2D eigenvalue weighted by atomic mass is 35.5. The quantitative estimate of drug-likeness (QED) is 0.852. The summed E-state index contributed by atoms with van der Waals surface area (Å²) in [6, 6.07) is 9.85. The summed E-state index contributed by atoms with van der Waals surface area (Å²) in [6.45, 7) is 2.92. The molecular weight excluding hydrogens is 236 g/mol. The molecule has 0 bridgehead atoms. The van der Waals surface area contributed by atoms with Gasteiger partial charge in [0.15, 0.2) is 0 Å². The van der Waals surface area contributed by atoms with Crippen LogP contribution in [-0.4, -0.2) is 25.5 Å². The lowest BCUT2D eigenvalue weighted by Crippen LogP contribution is -2.31. The number of nitrogens with one attached hydrogen (secondary N) is 2. The van der Waals surface area contributed by atoms with Gasteiger partial charge in [-0.15, -0.1) is 12.4 Å². The molecule has 1 saturated heterocycles. The van der Waals surface area contributed by atoms with Crippen LogP contribution in [0.3, 0.4) is 0 Å². The molecule has 2 N–H and O–H groups in total. The Labute approximate surface area is 108 Å². The second-order valence-corrected chi connectivity index (χ2v) is 4.33. The van der Waals surface area contributed by atoms with E-state index < -0.39 is 0 Å². The van der Waals surface area contributed by atoms with Gasteiger partial charge in [-0.05, 0) is 31.0 Å². The molecular formula is C13H19ClN2O. The molecule has 4 heteroatoms. The molecule has 3 nitrogen and oxygen atoms in total. The topological polar surface area (TPSA) is 41.1 Å². The summed E-state index contributed by atoms with van der Waals surface area (Å²) in [6.07, 6.45) is 1.66. The molecule has 1 aromatic carbocycles. The highest BCUT2D eigenvalue weighted by Gasteiger charge is 2.14. The van der Waals surface area contributed by atoms with E-state index in [4.69, 9.17) is 0 Å². The van der Waals surface area contributed by atoms with Crippen LogP contribution in [0.1, 0.15) is 12.0 Å². The second kappa shape index (κ2) is 7.30. The van der Waals surface area contributed by atoms with Crippen molar-refractivity contribution in [3.63, 3.8) is 0 Å². The van der Waals surface area contributed by atoms with Crippen LogP contribution in [0.15, 0.2) is 30.3 Å². The number of amides is 1. The first-order chi connectivity index (χ1) is 7.84. The highest BCUT2D eigenvalue weighted by molar-refractivity contribution is 5.85. The number of hydrogen-bond donors (Lipinski definition) is 2. The van der Waals surface area contributed by atoms with Gasteiger partial charge in [0.2, 0.25) is 5.91 Å². The lowest BCUT2D eigenvalue weighted by Gasteiger charge is -2.09. The first-order valence-electron chi connectivity index (χ1n) is 5.86. The maximum absolute atomic E-state index is 11.6. The molecule has 17 heavy (non-hydrogen) atoms. The number of halogens is 1. The Morgan fingerprint density at radius 3 is 2.76 bits per heavy atom. The molecule has 1 heterocycles. The van der Waals surface area contributed by atoms with E-state index in [1.807, 2.05) is 30.3 Å². The van der Waals surface area contributed by atoms with Crippen molar-refractivity contribution in [2.45, 2.75) is 12.8 Å². The van der Waals surface area contributed by atoms with Gasteiger partial charge < -0.3 is 10.6 Å². The Hall–Kier alpha value is -1.06. The molecule has 1 amide bonds. The van der Waals surface area contributed by atoms with Gasteiger partial charge in [-0.3, -0.25) is 4.79 Å². The molecule has 0 aromatic heterocycles. The van der Waals surface area contributed by atoms with Gasteiger partial charge in [0.1, 0.15) is 0 Å². The molecule has 0 spiro atoms. The van der Waals surface area contributed by atoms with Crippen molar-refractivity contribution in [2.24, 2.45) is 5.92 Å². The average Bonchev–Trinajstić information content (AvgIpc) is 2.81. The fraction of sp³-hybridized carbons (Fsp3) is 0.462. The maximum Gasteiger partial charge on any atom is 0.224 e. The van der Waals surface area contributed by atoms with Crippen molar-refractivity contribution in [1.82, 2.24) is 10.6 Å². The lowest BCUT2D eigenvalue weighted by atomic mass is 10.1. The van der Waals surface area contributed by atoms with Crippen LogP contribution in [0.5, 0.6) is 0 Å². The van der Waals surface area contributed by atoms with Crippen molar-refractivity contribution >= 4 is 18.3 Å². The molecule has 1 aliphatic rings. The first-order valence-corrected chi connectivity index (χ1v) is 5.86. The number of hydrogen-bond acceptors (Lipinski definition) is 2. The van der Waals surface area contributed by atoms with Crippen molar-refractivity contribution < 1.29 is 4.79 Å². The van der Waals surface area contributed by atoms with E-state index in [1.165, 1.54) is 6.42 Å². The predicted octanol–water partition coefficient (Wildman–Crippen LogP) is 1.38. The van der Waals surface area contributed by atoms with Gasteiger partial charge in [0.25, 0.3) is 0 Å². The smallest absolute Gasteiger partial charge is 0.224 e. The summed E-state index contributed by atoms with van der Waals surface area (Å²) in [7, 11) is 0. The summed E-state index contributed by atoms with van der Waals surface area (Å²) in [5.74, 6) is 0.734. The number of carbonyl (C=O) groups excluding carboxylic acids is 1. The van der Waals surface area contributed by atoms with E-state index in [0.717, 1.165) is 25.2 Å². The number of carbonyl (C=O) groups is 1. The Bertz CT molecular complexity index is 337. The number of rotatable bonds is 4. The standard InChI is InChI=1S/C13H18N2O.ClH/c16-13(8-11-4-2-1-3-5-11)15-10-12-6-7-14-9-12;/h1-5,12,14H,6-10H2,(H,15,16);1H. The van der Waals surface area contributed by atoms with Gasteiger partial charge in [-0.25, -0.2) is 0 Å². The molecule has 0 radical (unpaired) electrons. The Kier molecular flexibility index (Phi) is 6.01. The third-order valence-corrected chi connectivity index (χ3v) is 2.96. The molecule has 1 unspecified atom stereocenters. The van der Waals surface area contributed by atoms with Crippen LogP contribution < -0.4 is 10.6 Å². The Morgan fingerprint density at radius 2 is 2.12 bits per heavy atom. The van der Waals surface area contributed by atoms with E-state index in [2.05, 4.69) is 10.6 Å². The SMILES string of the molecule is Cl.O=C(Cc1ccccc1)NCC1CCNC1. The molecule has 1 aliphatic heterocycles. The van der Waals surface area contributed by atoms with Crippen LogP contribution in [0.2, 0.25) is 0 Å². The summed E-state index contributed by atoms with van der Waals surface area (Å²) in [5, 5.41) is 6.29. The van der Waals surface area contributed by atoms with Gasteiger partial charge in [-0.1, -0.05) is 30.3 Å². The second-order valence-electron chi connectivity index (χ2n) is 4.33. The van der Waals surface area contributed by atoms with Gasteiger partial charge in [0.05, 0.1) is 6.42 Å². The minimum Gasteiger partial charge on any atom is -0.355 e. The Balaban J connectivity index is 0.00000144. The highest BCUT2D eigenvalue weighted by Crippen LogP contribution is 2.05. The molecule has 1 atom stereocenters. The molecule has 0 saturated carbocycles. The van der Waals surface area contributed by atoms with E-state index >= 15 is 0 Å².